The first-order valence-electron chi connectivity index (χ1n) is 7.76. The van der Waals surface area contributed by atoms with Gasteiger partial charge >= 0.3 is 7.12 Å². The summed E-state index contributed by atoms with van der Waals surface area (Å²) in [5.74, 6) is 0.481. The number of hydrogen-bond donors (Lipinski definition) is 2. The zero-order valence-corrected chi connectivity index (χ0v) is 13.7. The van der Waals surface area contributed by atoms with E-state index in [-0.39, 0.29) is 6.47 Å². The molecule has 2 heterocycles. The number of carbonyl (C=O) groups excluding carboxylic acids is 1. The summed E-state index contributed by atoms with van der Waals surface area (Å²) in [4.78, 5) is 15.0. The number of carbonyl (C=O) groups is 1. The van der Waals surface area contributed by atoms with E-state index in [9.17, 15) is 9.82 Å². The zero-order chi connectivity index (χ0) is 18.3. The molecular formula is C17H13BN4O4. The Morgan fingerprint density at radius 2 is 2.15 bits per heavy atom. The molecule has 2 aromatic carbocycles. The van der Waals surface area contributed by atoms with Crippen molar-refractivity contribution in [1.82, 2.24) is 15.2 Å². The maximum Gasteiger partial charge on any atom is 0.561 e. The van der Waals surface area contributed by atoms with Gasteiger partial charge in [-0.2, -0.15) is 10.2 Å². The lowest BCUT2D eigenvalue weighted by Gasteiger charge is -2.09. The second kappa shape index (κ2) is 6.12. The van der Waals surface area contributed by atoms with Gasteiger partial charge in [0, 0.05) is 23.3 Å². The van der Waals surface area contributed by atoms with Gasteiger partial charge in [0.1, 0.15) is 5.52 Å². The number of nitrogens with zero attached hydrogens (tertiary/aromatic N) is 3. The van der Waals surface area contributed by atoms with E-state index in [1.54, 1.807) is 19.1 Å². The second-order valence-corrected chi connectivity index (χ2v) is 5.76. The van der Waals surface area contributed by atoms with Gasteiger partial charge in [0.25, 0.3) is 6.47 Å². The summed E-state index contributed by atoms with van der Waals surface area (Å²) in [7, 11) is -1.41. The largest absolute Gasteiger partial charge is 0.561 e. The fraction of sp³-hybridized carbons (Fsp3) is 0.0588. The van der Waals surface area contributed by atoms with E-state index in [2.05, 4.69) is 19.8 Å². The van der Waals surface area contributed by atoms with Crippen LogP contribution in [0.1, 0.15) is 5.89 Å². The molecule has 0 aliphatic heterocycles. The Labute approximate surface area is 147 Å². The van der Waals surface area contributed by atoms with E-state index in [0.29, 0.717) is 39.2 Å². The smallest absolute Gasteiger partial charge is 0.508 e. The molecule has 3 N–H and O–H groups in total. The van der Waals surface area contributed by atoms with Gasteiger partial charge in [0.15, 0.2) is 11.5 Å². The third kappa shape index (κ3) is 2.64. The third-order valence-electron chi connectivity index (χ3n) is 4.08. The van der Waals surface area contributed by atoms with Crippen molar-refractivity contribution in [2.24, 2.45) is 0 Å². The van der Waals surface area contributed by atoms with Crippen LogP contribution in [-0.4, -0.2) is 33.8 Å². The molecule has 0 unspecified atom stereocenters. The molecule has 26 heavy (non-hydrogen) atoms. The van der Waals surface area contributed by atoms with Gasteiger partial charge in [-0.1, -0.05) is 12.1 Å². The minimum atomic E-state index is -1.41. The molecule has 9 heteroatoms. The van der Waals surface area contributed by atoms with Gasteiger partial charge in [0.2, 0.25) is 0 Å². The van der Waals surface area contributed by atoms with E-state index < -0.39 is 7.12 Å². The van der Waals surface area contributed by atoms with Crippen molar-refractivity contribution in [3.8, 4) is 11.1 Å². The first kappa shape index (κ1) is 16.0. The van der Waals surface area contributed by atoms with Gasteiger partial charge in [-0.05, 0) is 23.8 Å². The van der Waals surface area contributed by atoms with Crippen LogP contribution < -0.4 is 11.2 Å². The van der Waals surface area contributed by atoms with Crippen LogP contribution in [-0.2, 0) is 9.45 Å². The number of aromatic nitrogens is 3. The van der Waals surface area contributed by atoms with E-state index >= 15 is 0 Å². The minimum Gasteiger partial charge on any atom is -0.508 e. The summed E-state index contributed by atoms with van der Waals surface area (Å²) >= 11 is 0. The zero-order valence-electron chi connectivity index (χ0n) is 13.7. The summed E-state index contributed by atoms with van der Waals surface area (Å²) in [6.45, 7) is 1.92. The van der Waals surface area contributed by atoms with Crippen LogP contribution in [0.25, 0.3) is 33.1 Å². The van der Waals surface area contributed by atoms with Crippen molar-refractivity contribution in [3.05, 3.63) is 42.4 Å². The van der Waals surface area contributed by atoms with Gasteiger partial charge < -0.3 is 19.8 Å². The molecule has 2 aromatic heterocycles. The van der Waals surface area contributed by atoms with Crippen LogP contribution in [0.5, 0.6) is 0 Å². The van der Waals surface area contributed by atoms with Crippen LogP contribution in [0.3, 0.4) is 0 Å². The van der Waals surface area contributed by atoms with Crippen molar-refractivity contribution in [2.45, 2.75) is 6.92 Å². The number of nitrogens with two attached hydrogens (primary N) is 1. The Hall–Kier alpha value is -3.46. The quantitative estimate of drug-likeness (QED) is 0.416. The van der Waals surface area contributed by atoms with E-state index in [1.807, 2.05) is 18.2 Å². The SMILES string of the molecule is Cc1nc2c(-c3ccc4c(N)cnnc4c3)cc(B(O)OC=O)cc2o1. The fourth-order valence-corrected chi connectivity index (χ4v) is 2.90. The maximum atomic E-state index is 10.5. The van der Waals surface area contributed by atoms with Crippen molar-refractivity contribution in [2.75, 3.05) is 5.73 Å². The highest BCUT2D eigenvalue weighted by Gasteiger charge is 2.22. The fourth-order valence-electron chi connectivity index (χ4n) is 2.90. The van der Waals surface area contributed by atoms with Crippen molar-refractivity contribution >= 4 is 46.7 Å². The summed E-state index contributed by atoms with van der Waals surface area (Å²) in [6, 6.07) is 8.83. The number of rotatable bonds is 4. The van der Waals surface area contributed by atoms with Crippen molar-refractivity contribution in [3.63, 3.8) is 0 Å². The van der Waals surface area contributed by atoms with E-state index in [1.165, 1.54) is 6.20 Å². The highest BCUT2D eigenvalue weighted by molar-refractivity contribution is 6.61. The van der Waals surface area contributed by atoms with Crippen LogP contribution in [0.4, 0.5) is 5.69 Å². The van der Waals surface area contributed by atoms with Crippen molar-refractivity contribution < 1.29 is 18.9 Å². The molecular weight excluding hydrogens is 335 g/mol. The number of aryl methyl sites for hydroxylation is 1. The number of anilines is 1. The summed E-state index contributed by atoms with van der Waals surface area (Å²) < 4.78 is 10.2. The normalized spacial score (nSPS) is 11.0. The molecule has 0 aliphatic rings. The molecule has 0 saturated carbocycles. The van der Waals surface area contributed by atoms with Crippen LogP contribution in [0, 0.1) is 6.92 Å². The first-order chi connectivity index (χ1) is 12.6. The van der Waals surface area contributed by atoms with Crippen LogP contribution >= 0.6 is 0 Å². The minimum absolute atomic E-state index is 0.189. The number of oxazole rings is 1. The Balaban J connectivity index is 1.96. The molecule has 8 nitrogen and oxygen atoms in total. The maximum absolute atomic E-state index is 10.5. The lowest BCUT2D eigenvalue weighted by Crippen LogP contribution is -2.33. The highest BCUT2D eigenvalue weighted by Crippen LogP contribution is 2.30. The summed E-state index contributed by atoms with van der Waals surface area (Å²) in [6.07, 6.45) is 1.49. The number of hydrogen-bond acceptors (Lipinski definition) is 8. The molecule has 0 fully saturated rings. The molecule has 0 atom stereocenters. The molecule has 0 bridgehead atoms. The van der Waals surface area contributed by atoms with Crippen LogP contribution in [0.2, 0.25) is 0 Å². The van der Waals surface area contributed by atoms with E-state index in [4.69, 9.17) is 10.2 Å². The third-order valence-corrected chi connectivity index (χ3v) is 4.08. The van der Waals surface area contributed by atoms with Gasteiger partial charge in [-0.15, -0.1) is 0 Å². The predicted molar refractivity (Wildman–Crippen MR) is 96.4 cm³/mol. The molecule has 0 saturated heterocycles. The monoisotopic (exact) mass is 348 g/mol. The Bertz CT molecular complexity index is 1140. The first-order valence-corrected chi connectivity index (χ1v) is 7.76. The molecule has 0 amide bonds. The Morgan fingerprint density at radius 1 is 1.31 bits per heavy atom. The van der Waals surface area contributed by atoms with Crippen molar-refractivity contribution in [1.29, 1.82) is 0 Å². The average molecular weight is 348 g/mol. The summed E-state index contributed by atoms with van der Waals surface area (Å²) in [5.41, 5.74) is 10.0. The van der Waals surface area contributed by atoms with Crippen LogP contribution in [0.15, 0.2) is 40.9 Å². The number of nitrogen functional groups attached to an aromatic ring is 1. The number of fused-ring (bicyclic) bond motifs is 2. The molecule has 128 valence electrons. The molecule has 4 rings (SSSR count). The topological polar surface area (TPSA) is 124 Å². The highest BCUT2D eigenvalue weighted by atomic mass is 16.5. The Kier molecular flexibility index (Phi) is 3.78. The second-order valence-electron chi connectivity index (χ2n) is 5.76. The molecule has 0 spiro atoms. The Morgan fingerprint density at radius 3 is 2.96 bits per heavy atom. The number of benzene rings is 2. The molecule has 0 aliphatic carbocycles. The summed E-state index contributed by atoms with van der Waals surface area (Å²) in [5, 5.41) is 18.8. The lowest BCUT2D eigenvalue weighted by atomic mass is 9.78. The van der Waals surface area contributed by atoms with E-state index in [0.717, 1.165) is 10.9 Å². The average Bonchev–Trinajstić information content (AvgIpc) is 3.01. The van der Waals surface area contributed by atoms with Gasteiger partial charge in [-0.25, -0.2) is 4.98 Å². The van der Waals surface area contributed by atoms with Gasteiger partial charge in [-0.3, -0.25) is 4.79 Å². The lowest BCUT2D eigenvalue weighted by molar-refractivity contribution is -0.121. The van der Waals surface area contributed by atoms with Gasteiger partial charge in [0.05, 0.1) is 17.4 Å². The predicted octanol–water partition coefficient (Wildman–Crippen LogP) is 1.19. The molecule has 0 radical (unpaired) electrons. The standard InChI is InChI=1S/C17H13BN4O4/c1-9-21-17-13(5-11(6-16(17)26-9)18(24)25-8-23)10-2-3-12-14(19)7-20-22-15(12)4-10/h2-8,24H,1H3,(H2,19,22). The molecule has 4 aromatic rings.